The fourth-order valence-corrected chi connectivity index (χ4v) is 2.00. The molecule has 2 aromatic rings. The van der Waals surface area contributed by atoms with Crippen molar-refractivity contribution in [2.24, 2.45) is 5.41 Å². The van der Waals surface area contributed by atoms with Crippen LogP contribution in [0, 0.1) is 5.41 Å². The monoisotopic (exact) mass is 292 g/mol. The Hall–Kier alpha value is -1.89. The molecule has 0 bridgehead atoms. The number of anilines is 2. The average molecular weight is 292 g/mol. The molecular formula is C14H24N6O. The van der Waals surface area contributed by atoms with Crippen molar-refractivity contribution in [2.75, 3.05) is 30.3 Å². The Morgan fingerprint density at radius 1 is 1.29 bits per heavy atom. The highest BCUT2D eigenvalue weighted by Gasteiger charge is 2.18. The van der Waals surface area contributed by atoms with Gasteiger partial charge in [-0.2, -0.15) is 15.1 Å². The van der Waals surface area contributed by atoms with Gasteiger partial charge in [0.15, 0.2) is 5.65 Å². The summed E-state index contributed by atoms with van der Waals surface area (Å²) in [6, 6.07) is 0. The molecule has 2 rings (SSSR count). The van der Waals surface area contributed by atoms with Crippen LogP contribution in [0.15, 0.2) is 6.20 Å². The van der Waals surface area contributed by atoms with E-state index in [0.717, 1.165) is 37.1 Å². The van der Waals surface area contributed by atoms with Crippen LogP contribution in [-0.4, -0.2) is 45.0 Å². The van der Waals surface area contributed by atoms with Crippen molar-refractivity contribution in [3.05, 3.63) is 6.20 Å². The lowest BCUT2D eigenvalue weighted by Crippen LogP contribution is -2.25. The summed E-state index contributed by atoms with van der Waals surface area (Å²) >= 11 is 0. The van der Waals surface area contributed by atoms with E-state index >= 15 is 0 Å². The van der Waals surface area contributed by atoms with Crippen LogP contribution < -0.4 is 10.6 Å². The van der Waals surface area contributed by atoms with Gasteiger partial charge in [0, 0.05) is 19.7 Å². The van der Waals surface area contributed by atoms with E-state index in [1.165, 1.54) is 0 Å². The van der Waals surface area contributed by atoms with E-state index in [4.69, 9.17) is 5.11 Å². The van der Waals surface area contributed by atoms with E-state index in [1.807, 2.05) is 0 Å². The molecule has 0 spiro atoms. The van der Waals surface area contributed by atoms with Gasteiger partial charge in [-0.15, -0.1) is 0 Å². The molecule has 2 aromatic heterocycles. The Bertz CT molecular complexity index is 580. The van der Waals surface area contributed by atoms with Crippen LogP contribution in [0.1, 0.15) is 33.6 Å². The van der Waals surface area contributed by atoms with Gasteiger partial charge in [-0.1, -0.05) is 20.8 Å². The van der Waals surface area contributed by atoms with Gasteiger partial charge in [0.2, 0.25) is 5.95 Å². The van der Waals surface area contributed by atoms with Crippen molar-refractivity contribution >= 4 is 22.8 Å². The molecule has 4 N–H and O–H groups in total. The molecule has 0 aliphatic rings. The molecule has 0 radical (unpaired) electrons. The van der Waals surface area contributed by atoms with Gasteiger partial charge >= 0.3 is 0 Å². The molecule has 116 valence electrons. The van der Waals surface area contributed by atoms with Crippen LogP contribution in [0.3, 0.4) is 0 Å². The number of nitrogens with zero attached hydrogens (tertiary/aromatic N) is 3. The Kier molecular flexibility index (Phi) is 4.95. The first-order chi connectivity index (χ1) is 10.1. The Morgan fingerprint density at radius 3 is 2.81 bits per heavy atom. The first-order valence-electron chi connectivity index (χ1n) is 7.35. The molecule has 0 saturated carbocycles. The largest absolute Gasteiger partial charge is 0.396 e. The summed E-state index contributed by atoms with van der Waals surface area (Å²) in [6.07, 6.45) is 3.47. The lowest BCUT2D eigenvalue weighted by atomic mass is 9.90. The van der Waals surface area contributed by atoms with Crippen LogP contribution in [0.4, 0.5) is 11.8 Å². The third kappa shape index (κ3) is 4.04. The number of aliphatic hydroxyl groups is 1. The van der Waals surface area contributed by atoms with Crippen molar-refractivity contribution in [3.8, 4) is 0 Å². The summed E-state index contributed by atoms with van der Waals surface area (Å²) in [4.78, 5) is 8.91. The maximum absolute atomic E-state index is 9.10. The summed E-state index contributed by atoms with van der Waals surface area (Å²) in [6.45, 7) is 8.05. The second-order valence-corrected chi connectivity index (χ2v) is 5.95. The Balaban J connectivity index is 2.18. The molecule has 0 unspecified atom stereocenters. The molecule has 0 aromatic carbocycles. The number of aromatic amines is 1. The van der Waals surface area contributed by atoms with Gasteiger partial charge in [-0.25, -0.2) is 0 Å². The number of rotatable bonds is 8. The third-order valence-electron chi connectivity index (χ3n) is 3.37. The number of fused-ring (bicyclic) bond motifs is 1. The van der Waals surface area contributed by atoms with Crippen LogP contribution in [0.25, 0.3) is 11.0 Å². The molecule has 0 aliphatic carbocycles. The minimum atomic E-state index is -0.00717. The Morgan fingerprint density at radius 2 is 2.10 bits per heavy atom. The predicted molar refractivity (Wildman–Crippen MR) is 84.4 cm³/mol. The minimum absolute atomic E-state index is 0.00717. The molecule has 7 heteroatoms. The fraction of sp³-hybridized carbons (Fsp3) is 0.643. The number of aromatic nitrogens is 4. The molecule has 21 heavy (non-hydrogen) atoms. The highest BCUT2D eigenvalue weighted by Crippen LogP contribution is 2.24. The predicted octanol–water partition coefficient (Wildman–Crippen LogP) is 2.00. The zero-order valence-corrected chi connectivity index (χ0v) is 12.9. The second-order valence-electron chi connectivity index (χ2n) is 5.95. The SMILES string of the molecule is CCCNc1nc(NCC(C)(C)CCO)c2cn[nH]c2n1. The maximum Gasteiger partial charge on any atom is 0.226 e. The van der Waals surface area contributed by atoms with Gasteiger partial charge in [0.05, 0.1) is 11.6 Å². The number of H-pyrrole nitrogens is 1. The van der Waals surface area contributed by atoms with Crippen molar-refractivity contribution < 1.29 is 5.11 Å². The van der Waals surface area contributed by atoms with E-state index in [-0.39, 0.29) is 12.0 Å². The van der Waals surface area contributed by atoms with Crippen molar-refractivity contribution in [2.45, 2.75) is 33.6 Å². The number of hydrogen-bond acceptors (Lipinski definition) is 6. The maximum atomic E-state index is 9.10. The van der Waals surface area contributed by atoms with Gasteiger partial charge in [0.1, 0.15) is 5.82 Å². The fourth-order valence-electron chi connectivity index (χ4n) is 2.00. The highest BCUT2D eigenvalue weighted by atomic mass is 16.3. The first kappa shape index (κ1) is 15.5. The van der Waals surface area contributed by atoms with Gasteiger partial charge < -0.3 is 15.7 Å². The average Bonchev–Trinajstić information content (AvgIpc) is 2.91. The van der Waals surface area contributed by atoms with E-state index in [1.54, 1.807) is 6.20 Å². The molecule has 7 nitrogen and oxygen atoms in total. The van der Waals surface area contributed by atoms with Crippen LogP contribution in [0.2, 0.25) is 0 Å². The van der Waals surface area contributed by atoms with E-state index < -0.39 is 0 Å². The molecule has 0 aliphatic heterocycles. The molecule has 2 heterocycles. The summed E-state index contributed by atoms with van der Waals surface area (Å²) in [5, 5.41) is 23.4. The van der Waals surface area contributed by atoms with Gasteiger partial charge in [0.25, 0.3) is 0 Å². The van der Waals surface area contributed by atoms with Crippen molar-refractivity contribution in [3.63, 3.8) is 0 Å². The third-order valence-corrected chi connectivity index (χ3v) is 3.37. The van der Waals surface area contributed by atoms with E-state index in [0.29, 0.717) is 11.6 Å². The van der Waals surface area contributed by atoms with E-state index in [9.17, 15) is 0 Å². The van der Waals surface area contributed by atoms with Gasteiger partial charge in [-0.3, -0.25) is 5.10 Å². The summed E-state index contributed by atoms with van der Waals surface area (Å²) < 4.78 is 0. The highest BCUT2D eigenvalue weighted by molar-refractivity contribution is 5.86. The zero-order chi connectivity index (χ0) is 15.3. The first-order valence-corrected chi connectivity index (χ1v) is 7.35. The minimum Gasteiger partial charge on any atom is -0.396 e. The summed E-state index contributed by atoms with van der Waals surface area (Å²) in [7, 11) is 0. The lowest BCUT2D eigenvalue weighted by molar-refractivity contribution is 0.220. The van der Waals surface area contributed by atoms with Crippen LogP contribution in [0.5, 0.6) is 0 Å². The van der Waals surface area contributed by atoms with Crippen LogP contribution in [-0.2, 0) is 0 Å². The van der Waals surface area contributed by atoms with Crippen LogP contribution >= 0.6 is 0 Å². The van der Waals surface area contributed by atoms with Crippen molar-refractivity contribution in [1.29, 1.82) is 0 Å². The summed E-state index contributed by atoms with van der Waals surface area (Å²) in [5.41, 5.74) is 0.707. The van der Waals surface area contributed by atoms with Crippen molar-refractivity contribution in [1.82, 2.24) is 20.2 Å². The summed E-state index contributed by atoms with van der Waals surface area (Å²) in [5.74, 6) is 1.36. The number of nitrogens with one attached hydrogen (secondary N) is 3. The molecule has 0 amide bonds. The number of aliphatic hydroxyl groups excluding tert-OH is 1. The zero-order valence-electron chi connectivity index (χ0n) is 12.9. The standard InChI is InChI=1S/C14H24N6O/c1-4-6-15-13-18-11(10-8-17-20-12(10)19-13)16-9-14(2,3)5-7-21/h8,21H,4-7,9H2,1-3H3,(H3,15,16,17,18,19,20). The lowest BCUT2D eigenvalue weighted by Gasteiger charge is -2.24. The quantitative estimate of drug-likeness (QED) is 0.594. The smallest absolute Gasteiger partial charge is 0.226 e. The topological polar surface area (TPSA) is 98.8 Å². The molecule has 0 atom stereocenters. The van der Waals surface area contributed by atoms with E-state index in [2.05, 4.69) is 51.6 Å². The molecular weight excluding hydrogens is 268 g/mol. The number of hydrogen-bond donors (Lipinski definition) is 4. The normalized spacial score (nSPS) is 11.8. The van der Waals surface area contributed by atoms with Gasteiger partial charge in [-0.05, 0) is 18.3 Å². The Labute approximate surface area is 124 Å². The molecule has 0 saturated heterocycles. The molecule has 0 fully saturated rings. The second kappa shape index (κ2) is 6.71.